The number of allylic oxidation sites excluding steroid dienone is 7. The molecular formula is C36H36N2O5. The van der Waals surface area contributed by atoms with Gasteiger partial charge in [-0.3, -0.25) is 33.8 Å². The average molecular weight is 577 g/mol. The minimum absolute atomic E-state index is 0.0258. The van der Waals surface area contributed by atoms with Gasteiger partial charge in [-0.1, -0.05) is 63.3 Å². The largest absolute Gasteiger partial charge is 0.289 e. The summed E-state index contributed by atoms with van der Waals surface area (Å²) in [6.45, 7) is 12.9. The predicted octanol–water partition coefficient (Wildman–Crippen LogP) is 6.57. The van der Waals surface area contributed by atoms with Gasteiger partial charge < -0.3 is 0 Å². The summed E-state index contributed by atoms with van der Waals surface area (Å²) in [7, 11) is 1.39. The van der Waals surface area contributed by atoms with Crippen molar-refractivity contribution < 1.29 is 24.0 Å². The molecule has 1 atom stereocenters. The Morgan fingerprint density at radius 3 is 1.84 bits per heavy atom. The van der Waals surface area contributed by atoms with E-state index in [-0.39, 0.29) is 50.8 Å². The monoisotopic (exact) mass is 576 g/mol. The van der Waals surface area contributed by atoms with Crippen molar-refractivity contribution >= 4 is 29.4 Å². The predicted molar refractivity (Wildman–Crippen MR) is 165 cm³/mol. The molecule has 5 rings (SSSR count). The highest BCUT2D eigenvalue weighted by atomic mass is 16.2. The number of imide groups is 2. The molecule has 3 aliphatic rings. The highest BCUT2D eigenvalue weighted by Crippen LogP contribution is 2.59. The van der Waals surface area contributed by atoms with Crippen LogP contribution in [0.3, 0.4) is 0 Å². The van der Waals surface area contributed by atoms with Crippen LogP contribution >= 0.6 is 0 Å². The lowest BCUT2D eigenvalue weighted by Crippen LogP contribution is -2.30. The molecule has 0 spiro atoms. The van der Waals surface area contributed by atoms with Crippen LogP contribution in [0.25, 0.3) is 0 Å². The summed E-state index contributed by atoms with van der Waals surface area (Å²) in [4.78, 5) is 67.1. The van der Waals surface area contributed by atoms with Crippen molar-refractivity contribution in [1.82, 2.24) is 9.80 Å². The first-order chi connectivity index (χ1) is 20.3. The summed E-state index contributed by atoms with van der Waals surface area (Å²) in [6, 6.07) is 8.83. The molecule has 0 N–H and O–H groups in total. The van der Waals surface area contributed by atoms with E-state index in [1.165, 1.54) is 59.5 Å². The fourth-order valence-electron chi connectivity index (χ4n) is 7.13. The van der Waals surface area contributed by atoms with E-state index in [0.29, 0.717) is 0 Å². The number of ketones is 1. The lowest BCUT2D eigenvalue weighted by molar-refractivity contribution is 0.0663. The first kappa shape index (κ1) is 29.8. The summed E-state index contributed by atoms with van der Waals surface area (Å²) in [5.74, 6) is -2.16. The second-order valence-electron chi connectivity index (χ2n) is 12.2. The Labute approximate surface area is 252 Å². The fraction of sp³-hybridized carbons (Fsp3) is 0.306. The highest BCUT2D eigenvalue weighted by Gasteiger charge is 2.48. The van der Waals surface area contributed by atoms with Gasteiger partial charge in [-0.25, -0.2) is 0 Å². The fourth-order valence-corrected chi connectivity index (χ4v) is 7.13. The van der Waals surface area contributed by atoms with Crippen LogP contribution in [0.4, 0.5) is 0 Å². The van der Waals surface area contributed by atoms with E-state index in [0.717, 1.165) is 16.9 Å². The maximum Gasteiger partial charge on any atom is 0.261 e. The Morgan fingerprint density at radius 2 is 1.28 bits per heavy atom. The molecule has 2 aromatic rings. The molecule has 2 aromatic carbocycles. The molecule has 2 aliphatic heterocycles. The average Bonchev–Trinajstić information content (AvgIpc) is 3.45. The van der Waals surface area contributed by atoms with Crippen LogP contribution in [0, 0.1) is 10.8 Å². The van der Waals surface area contributed by atoms with E-state index in [1.807, 2.05) is 26.0 Å². The number of hydrogen-bond acceptors (Lipinski definition) is 5. The third-order valence-electron chi connectivity index (χ3n) is 9.05. The maximum absolute atomic E-state index is 13.5. The van der Waals surface area contributed by atoms with Gasteiger partial charge in [0.25, 0.3) is 23.6 Å². The van der Waals surface area contributed by atoms with Crippen LogP contribution in [0.5, 0.6) is 0 Å². The van der Waals surface area contributed by atoms with Gasteiger partial charge in [0.2, 0.25) is 0 Å². The Kier molecular flexibility index (Phi) is 7.33. The summed E-state index contributed by atoms with van der Waals surface area (Å²) in [5.41, 5.74) is 4.54. The standard InChI is InChI=1S/C36H36N2O5/c1-8-11-23(36(6)20-35(4,5)28(9-2)29(36)10-3)16-17-38-33(42)25-15-13-22(19-27(25)34(38)43)30(39)21-12-14-24-26(18-21)32(41)37(7)31(24)40/h8-16,18-19H,17,20H2,1-7H3/b11-8-,23-16+,28-9+,29-10+. The number of amides is 4. The molecule has 7 nitrogen and oxygen atoms in total. The molecule has 1 unspecified atom stereocenters. The van der Waals surface area contributed by atoms with Gasteiger partial charge in [-0.15, -0.1) is 0 Å². The number of hydrogen-bond donors (Lipinski definition) is 0. The molecule has 7 heteroatoms. The van der Waals surface area contributed by atoms with Gasteiger partial charge in [0.05, 0.1) is 22.3 Å². The second-order valence-corrected chi connectivity index (χ2v) is 12.2. The molecule has 0 aromatic heterocycles. The second kappa shape index (κ2) is 10.6. The SMILES string of the molecule is C/C=C\C(=C/CN1C(=O)c2ccc(C(=O)c3ccc4c(c3)C(=O)N(C)C4=O)cc2C1=O)C1(C)CC(C)(C)C(=C/C)/C1=C\C. The van der Waals surface area contributed by atoms with Gasteiger partial charge in [0.1, 0.15) is 0 Å². The number of carbonyl (C=O) groups is 5. The molecular weight excluding hydrogens is 540 g/mol. The van der Waals surface area contributed by atoms with Gasteiger partial charge in [0.15, 0.2) is 5.78 Å². The normalized spacial score (nSPS) is 23.4. The zero-order valence-corrected chi connectivity index (χ0v) is 25.7. The van der Waals surface area contributed by atoms with Crippen molar-refractivity contribution in [3.05, 3.63) is 117 Å². The summed E-state index contributed by atoms with van der Waals surface area (Å²) < 4.78 is 0. The number of nitrogens with zero attached hydrogens (tertiary/aromatic N) is 2. The Morgan fingerprint density at radius 1 is 0.767 bits per heavy atom. The van der Waals surface area contributed by atoms with Crippen LogP contribution in [0.2, 0.25) is 0 Å². The lowest BCUT2D eigenvalue weighted by atomic mass is 9.74. The lowest BCUT2D eigenvalue weighted by Gasteiger charge is -2.29. The molecule has 0 radical (unpaired) electrons. The van der Waals surface area contributed by atoms with Crippen LogP contribution in [-0.4, -0.2) is 52.8 Å². The molecule has 0 bridgehead atoms. The van der Waals surface area contributed by atoms with Crippen molar-refractivity contribution in [3.8, 4) is 0 Å². The molecule has 2 heterocycles. The third-order valence-corrected chi connectivity index (χ3v) is 9.05. The van der Waals surface area contributed by atoms with Crippen molar-refractivity contribution in [2.24, 2.45) is 10.8 Å². The Balaban J connectivity index is 1.43. The molecule has 220 valence electrons. The topological polar surface area (TPSA) is 91.8 Å². The van der Waals surface area contributed by atoms with E-state index in [4.69, 9.17) is 0 Å². The summed E-state index contributed by atoms with van der Waals surface area (Å²) in [6.07, 6.45) is 11.2. The summed E-state index contributed by atoms with van der Waals surface area (Å²) >= 11 is 0. The first-order valence-corrected chi connectivity index (χ1v) is 14.5. The van der Waals surface area contributed by atoms with Crippen molar-refractivity contribution in [1.29, 1.82) is 0 Å². The van der Waals surface area contributed by atoms with Gasteiger partial charge in [-0.05, 0) is 73.6 Å². The Hall–Kier alpha value is -4.65. The molecule has 43 heavy (non-hydrogen) atoms. The first-order valence-electron chi connectivity index (χ1n) is 14.5. The Bertz CT molecular complexity index is 1750. The van der Waals surface area contributed by atoms with Gasteiger partial charge in [-0.2, -0.15) is 0 Å². The van der Waals surface area contributed by atoms with Crippen LogP contribution in [0.15, 0.2) is 83.5 Å². The van der Waals surface area contributed by atoms with E-state index >= 15 is 0 Å². The maximum atomic E-state index is 13.5. The summed E-state index contributed by atoms with van der Waals surface area (Å²) in [5, 5.41) is 0. The molecule has 1 aliphatic carbocycles. The zero-order valence-electron chi connectivity index (χ0n) is 25.7. The molecule has 1 saturated carbocycles. The highest BCUT2D eigenvalue weighted by molar-refractivity contribution is 6.24. The molecule has 0 saturated heterocycles. The number of rotatable bonds is 6. The van der Waals surface area contributed by atoms with Crippen molar-refractivity contribution in [2.75, 3.05) is 13.6 Å². The quantitative estimate of drug-likeness (QED) is 0.220. The van der Waals surface area contributed by atoms with Crippen molar-refractivity contribution in [3.63, 3.8) is 0 Å². The van der Waals surface area contributed by atoms with E-state index in [9.17, 15) is 24.0 Å². The zero-order chi connectivity index (χ0) is 31.4. The third kappa shape index (κ3) is 4.54. The minimum atomic E-state index is -0.469. The minimum Gasteiger partial charge on any atom is -0.289 e. The van der Waals surface area contributed by atoms with Crippen molar-refractivity contribution in [2.45, 2.75) is 48.0 Å². The van der Waals surface area contributed by atoms with Crippen LogP contribution in [-0.2, 0) is 0 Å². The van der Waals surface area contributed by atoms with Crippen LogP contribution in [0.1, 0.15) is 105 Å². The smallest absolute Gasteiger partial charge is 0.261 e. The van der Waals surface area contributed by atoms with Gasteiger partial charge >= 0.3 is 0 Å². The van der Waals surface area contributed by atoms with E-state index in [1.54, 1.807) is 0 Å². The van der Waals surface area contributed by atoms with E-state index in [2.05, 4.69) is 45.9 Å². The molecule has 4 amide bonds. The number of fused-ring (bicyclic) bond motifs is 2. The number of benzene rings is 2. The number of carbonyl (C=O) groups excluding carboxylic acids is 5. The van der Waals surface area contributed by atoms with E-state index < -0.39 is 29.4 Å². The van der Waals surface area contributed by atoms with Gasteiger partial charge in [0, 0.05) is 30.1 Å². The molecule has 1 fully saturated rings. The van der Waals surface area contributed by atoms with Crippen LogP contribution < -0.4 is 0 Å².